The Kier molecular flexibility index (Phi) is 3.80. The highest BCUT2D eigenvalue weighted by molar-refractivity contribution is 7.71. The van der Waals surface area contributed by atoms with Gasteiger partial charge in [-0.25, -0.2) is 9.18 Å². The fourth-order valence-electron chi connectivity index (χ4n) is 2.30. The average molecular weight is 348 g/mol. The van der Waals surface area contributed by atoms with E-state index in [0.29, 0.717) is 12.1 Å². The fraction of sp³-hybridized carbons (Fsp3) is 0.200. The molecule has 3 aromatic rings. The van der Waals surface area contributed by atoms with E-state index in [2.05, 4.69) is 11.7 Å². The third-order valence-electron chi connectivity index (χ3n) is 3.48. The molecule has 3 rings (SSSR count). The summed E-state index contributed by atoms with van der Waals surface area (Å²) in [6, 6.07) is 2.54. The summed E-state index contributed by atoms with van der Waals surface area (Å²) in [5, 5.41) is 3.72. The lowest BCUT2D eigenvalue weighted by Gasteiger charge is -2.08. The van der Waals surface area contributed by atoms with E-state index in [1.807, 2.05) is 6.92 Å². The van der Waals surface area contributed by atoms with E-state index >= 15 is 0 Å². The molecule has 7 nitrogen and oxygen atoms in total. The van der Waals surface area contributed by atoms with Gasteiger partial charge in [0.2, 0.25) is 0 Å². The highest BCUT2D eigenvalue weighted by atomic mass is 32.1. The number of halogens is 1. The van der Waals surface area contributed by atoms with E-state index < -0.39 is 17.1 Å². The van der Waals surface area contributed by atoms with E-state index in [1.165, 1.54) is 13.1 Å². The number of benzene rings is 1. The molecule has 2 aromatic heterocycles. The van der Waals surface area contributed by atoms with Crippen LogP contribution in [0.5, 0.6) is 0 Å². The minimum atomic E-state index is -0.755. The third-order valence-corrected chi connectivity index (χ3v) is 3.78. The smallest absolute Gasteiger partial charge is 0.352 e. The number of oxazole rings is 1. The minimum absolute atomic E-state index is 0.102. The van der Waals surface area contributed by atoms with Crippen LogP contribution in [-0.4, -0.2) is 18.9 Å². The standard InChI is InChI=1S/C15H13FN4O3S/c1-8(2)7-19-11-5-10(9(16)4-12(11)23-15(19)24)20-14(22)18(3)13(21)6-17-20/h4-6H,1,7H2,2-3H3. The van der Waals surface area contributed by atoms with Crippen molar-refractivity contribution in [1.82, 2.24) is 18.9 Å². The molecule has 0 fully saturated rings. The normalized spacial score (nSPS) is 11.1. The summed E-state index contributed by atoms with van der Waals surface area (Å²) in [4.78, 5) is 23.8. The molecule has 0 spiro atoms. The summed E-state index contributed by atoms with van der Waals surface area (Å²) >= 11 is 5.14. The highest BCUT2D eigenvalue weighted by Crippen LogP contribution is 2.24. The molecule has 0 bridgehead atoms. The summed E-state index contributed by atoms with van der Waals surface area (Å²) in [5.74, 6) is -0.720. The van der Waals surface area contributed by atoms with Crippen LogP contribution in [0.15, 0.2) is 44.5 Å². The number of hydrogen-bond donors (Lipinski definition) is 0. The largest absolute Gasteiger partial charge is 0.429 e. The van der Waals surface area contributed by atoms with Gasteiger partial charge in [-0.2, -0.15) is 9.78 Å². The maximum Gasteiger partial charge on any atom is 0.352 e. The number of fused-ring (bicyclic) bond motifs is 1. The highest BCUT2D eigenvalue weighted by Gasteiger charge is 2.16. The Balaban J connectivity index is 2.34. The Bertz CT molecular complexity index is 1150. The molecule has 9 heteroatoms. The predicted molar refractivity (Wildman–Crippen MR) is 88.4 cm³/mol. The van der Waals surface area contributed by atoms with Gasteiger partial charge in [-0.05, 0) is 25.2 Å². The Labute approximate surface area is 139 Å². The fourth-order valence-corrected chi connectivity index (χ4v) is 2.55. The van der Waals surface area contributed by atoms with Crippen molar-refractivity contribution in [2.45, 2.75) is 13.5 Å². The molecular weight excluding hydrogens is 335 g/mol. The van der Waals surface area contributed by atoms with Crippen molar-refractivity contribution in [2.75, 3.05) is 0 Å². The van der Waals surface area contributed by atoms with Gasteiger partial charge in [0.1, 0.15) is 11.9 Å². The summed E-state index contributed by atoms with van der Waals surface area (Å²) in [5.41, 5.74) is 0.147. The molecule has 0 aliphatic rings. The SMILES string of the molecule is C=C(C)Cn1c(=S)oc2cc(F)c(-n3ncc(=O)n(C)c3=O)cc21. The van der Waals surface area contributed by atoms with E-state index in [9.17, 15) is 14.0 Å². The molecular formula is C15H13FN4O3S. The predicted octanol–water partition coefficient (Wildman–Crippen LogP) is 1.92. The summed E-state index contributed by atoms with van der Waals surface area (Å²) < 4.78 is 23.1. The quantitative estimate of drug-likeness (QED) is 0.534. The second-order valence-electron chi connectivity index (χ2n) is 5.42. The Morgan fingerprint density at radius 3 is 2.79 bits per heavy atom. The first-order valence-electron chi connectivity index (χ1n) is 6.92. The zero-order valence-electron chi connectivity index (χ0n) is 12.9. The van der Waals surface area contributed by atoms with E-state index in [0.717, 1.165) is 27.1 Å². The van der Waals surface area contributed by atoms with Crippen LogP contribution in [0.25, 0.3) is 16.8 Å². The van der Waals surface area contributed by atoms with Crippen molar-refractivity contribution in [3.05, 3.63) is 62.0 Å². The maximum atomic E-state index is 14.4. The van der Waals surface area contributed by atoms with Gasteiger partial charge in [0.05, 0.1) is 5.52 Å². The molecule has 0 aliphatic carbocycles. The van der Waals surface area contributed by atoms with Crippen molar-refractivity contribution in [2.24, 2.45) is 7.05 Å². The van der Waals surface area contributed by atoms with Crippen LogP contribution in [0.4, 0.5) is 4.39 Å². The molecule has 0 aliphatic heterocycles. The molecule has 0 saturated carbocycles. The number of aromatic nitrogens is 4. The van der Waals surface area contributed by atoms with Crippen molar-refractivity contribution in [1.29, 1.82) is 0 Å². The maximum absolute atomic E-state index is 14.4. The molecule has 0 atom stereocenters. The van der Waals surface area contributed by atoms with E-state index in [1.54, 1.807) is 4.57 Å². The Hall–Kier alpha value is -2.81. The molecule has 24 heavy (non-hydrogen) atoms. The number of allylic oxidation sites excluding steroid dienone is 1. The van der Waals surface area contributed by atoms with Gasteiger partial charge >= 0.3 is 5.69 Å². The van der Waals surface area contributed by atoms with Crippen molar-refractivity contribution >= 4 is 23.3 Å². The van der Waals surface area contributed by atoms with Gasteiger partial charge in [0.15, 0.2) is 11.4 Å². The zero-order valence-corrected chi connectivity index (χ0v) is 13.8. The number of nitrogens with zero attached hydrogens (tertiary/aromatic N) is 4. The van der Waals surface area contributed by atoms with Gasteiger partial charge in [-0.15, -0.1) is 0 Å². The van der Waals surface area contributed by atoms with E-state index in [4.69, 9.17) is 16.6 Å². The number of hydrogen-bond acceptors (Lipinski definition) is 5. The zero-order chi connectivity index (χ0) is 17.6. The molecule has 0 saturated heterocycles. The van der Waals surface area contributed by atoms with Crippen LogP contribution in [0, 0.1) is 10.7 Å². The molecule has 0 amide bonds. The van der Waals surface area contributed by atoms with Crippen LogP contribution in [0.3, 0.4) is 0 Å². The lowest BCUT2D eigenvalue weighted by Crippen LogP contribution is -2.38. The second kappa shape index (κ2) is 5.68. The summed E-state index contributed by atoms with van der Waals surface area (Å²) in [7, 11) is 1.29. The van der Waals surface area contributed by atoms with Gasteiger partial charge in [0, 0.05) is 19.7 Å². The van der Waals surface area contributed by atoms with Crippen LogP contribution in [0.1, 0.15) is 6.92 Å². The first kappa shape index (κ1) is 16.1. The lowest BCUT2D eigenvalue weighted by molar-refractivity contribution is 0.543. The van der Waals surface area contributed by atoms with Crippen molar-refractivity contribution in [3.63, 3.8) is 0 Å². The third kappa shape index (κ3) is 2.52. The minimum Gasteiger partial charge on any atom is -0.429 e. The van der Waals surface area contributed by atoms with Gasteiger partial charge in [-0.3, -0.25) is 13.9 Å². The molecule has 0 unspecified atom stereocenters. The topological polar surface area (TPSA) is 75.0 Å². The van der Waals surface area contributed by atoms with Gasteiger partial charge in [-0.1, -0.05) is 12.2 Å². The molecule has 124 valence electrons. The second-order valence-corrected chi connectivity index (χ2v) is 5.77. The van der Waals surface area contributed by atoms with Gasteiger partial charge in [0.25, 0.3) is 10.4 Å². The molecule has 0 radical (unpaired) electrons. The number of rotatable bonds is 3. The average Bonchev–Trinajstić information content (AvgIpc) is 2.79. The van der Waals surface area contributed by atoms with E-state index in [-0.39, 0.29) is 16.1 Å². The summed E-state index contributed by atoms with van der Waals surface area (Å²) in [6.07, 6.45) is 0.945. The molecule has 2 heterocycles. The lowest BCUT2D eigenvalue weighted by atomic mass is 10.2. The van der Waals surface area contributed by atoms with Crippen molar-refractivity contribution in [3.8, 4) is 5.69 Å². The Morgan fingerprint density at radius 2 is 2.12 bits per heavy atom. The van der Waals surface area contributed by atoms with Crippen LogP contribution in [-0.2, 0) is 13.6 Å². The molecule has 1 aromatic carbocycles. The van der Waals surface area contributed by atoms with Crippen LogP contribution < -0.4 is 11.2 Å². The molecule has 0 N–H and O–H groups in total. The first-order valence-corrected chi connectivity index (χ1v) is 7.33. The van der Waals surface area contributed by atoms with Crippen molar-refractivity contribution < 1.29 is 8.81 Å². The monoisotopic (exact) mass is 348 g/mol. The van der Waals surface area contributed by atoms with Crippen LogP contribution >= 0.6 is 12.2 Å². The first-order chi connectivity index (χ1) is 11.3. The van der Waals surface area contributed by atoms with Gasteiger partial charge < -0.3 is 4.42 Å². The summed E-state index contributed by atoms with van der Waals surface area (Å²) in [6.45, 7) is 6.04. The Morgan fingerprint density at radius 1 is 1.42 bits per heavy atom. The van der Waals surface area contributed by atoms with Crippen LogP contribution in [0.2, 0.25) is 0 Å².